The van der Waals surface area contributed by atoms with Crippen LogP contribution in [0, 0.1) is 0 Å². The molecular formula is C53H32N2O2. The molecule has 0 saturated heterocycles. The molecule has 12 rings (SSSR count). The van der Waals surface area contributed by atoms with Crippen LogP contribution in [0.15, 0.2) is 203 Å². The average molecular weight is 729 g/mol. The Hall–Kier alpha value is -7.69. The predicted molar refractivity (Wildman–Crippen MR) is 235 cm³/mol. The van der Waals surface area contributed by atoms with Crippen molar-refractivity contribution in [1.82, 2.24) is 9.55 Å². The van der Waals surface area contributed by atoms with Crippen LogP contribution in [-0.2, 0) is 0 Å². The summed E-state index contributed by atoms with van der Waals surface area (Å²) in [5.41, 5.74) is 15.0. The second-order valence-electron chi connectivity index (χ2n) is 14.7. The molecule has 0 bridgehead atoms. The summed E-state index contributed by atoms with van der Waals surface area (Å²) < 4.78 is 16.0. The van der Waals surface area contributed by atoms with Crippen LogP contribution >= 0.6 is 0 Å². The third kappa shape index (κ3) is 4.91. The molecule has 4 heterocycles. The van der Waals surface area contributed by atoms with Crippen LogP contribution in [0.2, 0.25) is 0 Å². The number of para-hydroxylation sites is 4. The van der Waals surface area contributed by atoms with Crippen LogP contribution in [0.1, 0.15) is 0 Å². The lowest BCUT2D eigenvalue weighted by atomic mass is 9.98. The van der Waals surface area contributed by atoms with Crippen molar-refractivity contribution in [3.63, 3.8) is 0 Å². The van der Waals surface area contributed by atoms with E-state index < -0.39 is 0 Å². The van der Waals surface area contributed by atoms with E-state index in [1.165, 1.54) is 0 Å². The van der Waals surface area contributed by atoms with E-state index >= 15 is 0 Å². The fraction of sp³-hybridized carbons (Fsp3) is 0. The summed E-state index contributed by atoms with van der Waals surface area (Å²) in [5, 5.41) is 6.63. The van der Waals surface area contributed by atoms with Gasteiger partial charge in [-0.2, -0.15) is 0 Å². The van der Waals surface area contributed by atoms with Gasteiger partial charge in [0, 0.05) is 54.9 Å². The van der Waals surface area contributed by atoms with Gasteiger partial charge < -0.3 is 13.4 Å². The van der Waals surface area contributed by atoms with Gasteiger partial charge in [0.05, 0.1) is 27.8 Å². The first-order chi connectivity index (χ1) is 28.3. The predicted octanol–water partition coefficient (Wildman–Crippen LogP) is 14.6. The summed E-state index contributed by atoms with van der Waals surface area (Å²) >= 11 is 0. The second kappa shape index (κ2) is 12.4. The van der Waals surface area contributed by atoms with Gasteiger partial charge in [-0.3, -0.25) is 0 Å². The van der Waals surface area contributed by atoms with E-state index in [0.717, 1.165) is 116 Å². The lowest BCUT2D eigenvalue weighted by molar-refractivity contribution is 0.670. The Balaban J connectivity index is 1.11. The summed E-state index contributed by atoms with van der Waals surface area (Å²) in [7, 11) is 0. The van der Waals surface area contributed by atoms with Gasteiger partial charge in [-0.25, -0.2) is 4.98 Å². The van der Waals surface area contributed by atoms with Crippen molar-refractivity contribution in [2.75, 3.05) is 0 Å². The molecule has 0 atom stereocenters. The summed E-state index contributed by atoms with van der Waals surface area (Å²) in [6.07, 6.45) is 0. The van der Waals surface area contributed by atoms with Crippen molar-refractivity contribution in [1.29, 1.82) is 0 Å². The molecule has 0 aliphatic heterocycles. The van der Waals surface area contributed by atoms with E-state index in [2.05, 4.69) is 174 Å². The van der Waals surface area contributed by atoms with Gasteiger partial charge in [0.15, 0.2) is 0 Å². The number of rotatable bonds is 5. The fourth-order valence-electron chi connectivity index (χ4n) is 8.78. The van der Waals surface area contributed by atoms with Crippen LogP contribution in [0.3, 0.4) is 0 Å². The molecule has 0 aliphatic carbocycles. The first-order valence-corrected chi connectivity index (χ1v) is 19.3. The van der Waals surface area contributed by atoms with E-state index in [1.807, 2.05) is 24.3 Å². The molecule has 0 fully saturated rings. The SMILES string of the molecule is c1ccc(-c2cc(-c3cccc4c3oc3c4ccc4c3c3ccc(-c5cccc6c5oc5ccccc56)cc3n4-c3ccccc3)cc(-c3ccccc3)n2)cc1. The van der Waals surface area contributed by atoms with E-state index in [1.54, 1.807) is 0 Å². The van der Waals surface area contributed by atoms with Crippen LogP contribution < -0.4 is 0 Å². The molecule has 0 amide bonds. The monoisotopic (exact) mass is 728 g/mol. The molecule has 12 aromatic rings. The van der Waals surface area contributed by atoms with Gasteiger partial charge in [-0.1, -0.05) is 146 Å². The first-order valence-electron chi connectivity index (χ1n) is 19.3. The molecule has 0 N–H and O–H groups in total. The Bertz CT molecular complexity index is 3450. The highest BCUT2D eigenvalue weighted by molar-refractivity contribution is 6.25. The van der Waals surface area contributed by atoms with E-state index in [0.29, 0.717) is 0 Å². The molecule has 0 aliphatic rings. The molecular weight excluding hydrogens is 697 g/mol. The molecule has 0 spiro atoms. The van der Waals surface area contributed by atoms with Crippen LogP contribution in [-0.4, -0.2) is 9.55 Å². The highest BCUT2D eigenvalue weighted by Crippen LogP contribution is 2.45. The third-order valence-corrected chi connectivity index (χ3v) is 11.4. The maximum absolute atomic E-state index is 7.16. The van der Waals surface area contributed by atoms with Gasteiger partial charge in [0.2, 0.25) is 0 Å². The van der Waals surface area contributed by atoms with Gasteiger partial charge in [0.1, 0.15) is 22.3 Å². The minimum Gasteiger partial charge on any atom is -0.455 e. The summed E-state index contributed by atoms with van der Waals surface area (Å²) in [6.45, 7) is 0. The number of aromatic nitrogens is 2. The number of benzene rings is 8. The highest BCUT2D eigenvalue weighted by Gasteiger charge is 2.22. The number of furan rings is 2. The van der Waals surface area contributed by atoms with Crippen LogP contribution in [0.4, 0.5) is 0 Å². The maximum atomic E-state index is 7.16. The number of hydrogen-bond acceptors (Lipinski definition) is 3. The van der Waals surface area contributed by atoms with Crippen molar-refractivity contribution >= 4 is 65.7 Å². The van der Waals surface area contributed by atoms with E-state index in [4.69, 9.17) is 13.8 Å². The zero-order valence-electron chi connectivity index (χ0n) is 30.7. The first kappa shape index (κ1) is 31.6. The Kier molecular flexibility index (Phi) is 6.89. The number of fused-ring (bicyclic) bond motifs is 10. The molecule has 8 aromatic carbocycles. The molecule has 0 saturated carbocycles. The third-order valence-electron chi connectivity index (χ3n) is 11.4. The summed E-state index contributed by atoms with van der Waals surface area (Å²) in [4.78, 5) is 5.15. The Labute approximate surface area is 327 Å². The maximum Gasteiger partial charge on any atom is 0.145 e. The molecule has 0 radical (unpaired) electrons. The molecule has 4 heteroatoms. The van der Waals surface area contributed by atoms with E-state index in [-0.39, 0.29) is 0 Å². The number of pyridine rings is 1. The quantitative estimate of drug-likeness (QED) is 0.177. The Morgan fingerprint density at radius 3 is 1.63 bits per heavy atom. The topological polar surface area (TPSA) is 44.1 Å². The standard InChI is InChI=1S/C53H32N2O2/c1-4-14-33(15-5-1)45-30-36(31-46(54-45)34-16-6-2-7-17-34)39-22-13-24-42-43-28-29-47-50(53(43)57-52(39)42)44-27-26-35(32-48(44)55(47)37-18-8-3-9-19-37)38-21-12-23-41-40-20-10-11-25-49(40)56-51(38)41/h1-32H. The van der Waals surface area contributed by atoms with E-state index in [9.17, 15) is 0 Å². The molecule has 4 aromatic heterocycles. The van der Waals surface area contributed by atoms with Gasteiger partial charge in [-0.05, 0) is 59.7 Å². The normalized spacial score (nSPS) is 11.9. The van der Waals surface area contributed by atoms with Crippen molar-refractivity contribution in [2.45, 2.75) is 0 Å². The Morgan fingerprint density at radius 1 is 0.351 bits per heavy atom. The summed E-state index contributed by atoms with van der Waals surface area (Å²) in [6, 6.07) is 68.2. The van der Waals surface area contributed by atoms with Crippen molar-refractivity contribution < 1.29 is 8.83 Å². The lowest BCUT2D eigenvalue weighted by Gasteiger charge is -2.10. The van der Waals surface area contributed by atoms with Gasteiger partial charge in [-0.15, -0.1) is 0 Å². The van der Waals surface area contributed by atoms with Crippen LogP contribution in [0.5, 0.6) is 0 Å². The zero-order valence-corrected chi connectivity index (χ0v) is 30.7. The van der Waals surface area contributed by atoms with Gasteiger partial charge >= 0.3 is 0 Å². The number of nitrogens with zero attached hydrogens (tertiary/aromatic N) is 2. The van der Waals surface area contributed by atoms with Crippen molar-refractivity contribution in [2.24, 2.45) is 0 Å². The number of hydrogen-bond donors (Lipinski definition) is 0. The average Bonchev–Trinajstić information content (AvgIpc) is 3.96. The Morgan fingerprint density at radius 2 is 0.912 bits per heavy atom. The molecule has 266 valence electrons. The fourth-order valence-corrected chi connectivity index (χ4v) is 8.78. The molecule has 57 heavy (non-hydrogen) atoms. The molecule has 0 unspecified atom stereocenters. The van der Waals surface area contributed by atoms with Crippen molar-refractivity contribution in [3.05, 3.63) is 194 Å². The smallest absolute Gasteiger partial charge is 0.145 e. The van der Waals surface area contributed by atoms with Crippen molar-refractivity contribution in [3.8, 4) is 50.5 Å². The molecule has 4 nitrogen and oxygen atoms in total. The van der Waals surface area contributed by atoms with Crippen LogP contribution in [0.25, 0.3) is 116 Å². The highest BCUT2D eigenvalue weighted by atomic mass is 16.3. The minimum absolute atomic E-state index is 0.859. The second-order valence-corrected chi connectivity index (χ2v) is 14.7. The van der Waals surface area contributed by atoms with Gasteiger partial charge in [0.25, 0.3) is 0 Å². The minimum atomic E-state index is 0.859. The zero-order chi connectivity index (χ0) is 37.5. The lowest BCUT2D eigenvalue weighted by Crippen LogP contribution is -1.93. The largest absolute Gasteiger partial charge is 0.455 e. The summed E-state index contributed by atoms with van der Waals surface area (Å²) in [5.74, 6) is 0.